The van der Waals surface area contributed by atoms with Gasteiger partial charge in [0.25, 0.3) is 0 Å². The van der Waals surface area contributed by atoms with Gasteiger partial charge in [0.1, 0.15) is 0 Å². The fourth-order valence-corrected chi connectivity index (χ4v) is 1.98. The highest BCUT2D eigenvalue weighted by molar-refractivity contribution is 5.92. The van der Waals surface area contributed by atoms with Gasteiger partial charge < -0.3 is 11.1 Å². The number of aromatic nitrogens is 2. The molecule has 100 valence electrons. The van der Waals surface area contributed by atoms with E-state index < -0.39 is 5.91 Å². The van der Waals surface area contributed by atoms with Crippen LogP contribution in [0.4, 0.5) is 5.69 Å². The molecule has 0 saturated heterocycles. The molecular formula is C14H18N4O. The van der Waals surface area contributed by atoms with Crippen molar-refractivity contribution in [3.63, 3.8) is 0 Å². The monoisotopic (exact) mass is 258 g/mol. The molecule has 0 atom stereocenters. The Morgan fingerprint density at radius 1 is 1.47 bits per heavy atom. The minimum atomic E-state index is -0.405. The summed E-state index contributed by atoms with van der Waals surface area (Å²) >= 11 is 0. The predicted octanol–water partition coefficient (Wildman–Crippen LogP) is 1.69. The molecular weight excluding hydrogens is 240 g/mol. The van der Waals surface area contributed by atoms with Crippen molar-refractivity contribution >= 4 is 11.6 Å². The average molecular weight is 258 g/mol. The molecule has 1 heterocycles. The summed E-state index contributed by atoms with van der Waals surface area (Å²) in [6, 6.07) is 7.31. The Bertz CT molecular complexity index is 589. The maximum Gasteiger partial charge on any atom is 0.248 e. The molecule has 0 aliphatic carbocycles. The molecule has 2 rings (SSSR count). The lowest BCUT2D eigenvalue weighted by atomic mass is 10.1. The van der Waals surface area contributed by atoms with Crippen molar-refractivity contribution in [3.05, 3.63) is 47.3 Å². The molecule has 0 radical (unpaired) electrons. The summed E-state index contributed by atoms with van der Waals surface area (Å²) in [4.78, 5) is 11.1. The zero-order chi connectivity index (χ0) is 13.8. The number of nitrogens with two attached hydrogens (primary N) is 1. The molecule has 0 aliphatic rings. The van der Waals surface area contributed by atoms with E-state index in [1.165, 1.54) is 0 Å². The van der Waals surface area contributed by atoms with Gasteiger partial charge in [-0.2, -0.15) is 5.10 Å². The second-order valence-corrected chi connectivity index (χ2v) is 4.43. The van der Waals surface area contributed by atoms with Crippen LogP contribution >= 0.6 is 0 Å². The largest absolute Gasteiger partial charge is 0.378 e. The minimum absolute atomic E-state index is 0.405. The quantitative estimate of drug-likeness (QED) is 0.857. The van der Waals surface area contributed by atoms with Crippen molar-refractivity contribution in [2.75, 3.05) is 5.32 Å². The smallest absolute Gasteiger partial charge is 0.248 e. The Morgan fingerprint density at radius 3 is 2.95 bits per heavy atom. The number of primary amides is 1. The number of carbonyl (C=O) groups excluding carboxylic acids is 1. The molecule has 0 fully saturated rings. The van der Waals surface area contributed by atoms with Crippen LogP contribution in [0.5, 0.6) is 0 Å². The van der Waals surface area contributed by atoms with E-state index in [1.54, 1.807) is 16.8 Å². The topological polar surface area (TPSA) is 72.9 Å². The molecule has 0 aliphatic heterocycles. The SMILES string of the molecule is CCc1nn(C)cc1NCc1cccc(C(N)=O)c1. The molecule has 3 N–H and O–H groups in total. The molecule has 0 spiro atoms. The number of nitrogens with one attached hydrogen (secondary N) is 1. The summed E-state index contributed by atoms with van der Waals surface area (Å²) in [6.45, 7) is 2.71. The van der Waals surface area contributed by atoms with Crippen molar-refractivity contribution < 1.29 is 4.79 Å². The maximum absolute atomic E-state index is 11.1. The Kier molecular flexibility index (Phi) is 3.85. The van der Waals surface area contributed by atoms with Crippen LogP contribution in [0.3, 0.4) is 0 Å². The van der Waals surface area contributed by atoms with Crippen molar-refractivity contribution in [2.24, 2.45) is 12.8 Å². The molecule has 0 unspecified atom stereocenters. The van der Waals surface area contributed by atoms with E-state index in [9.17, 15) is 4.79 Å². The number of benzene rings is 1. The summed E-state index contributed by atoms with van der Waals surface area (Å²) in [7, 11) is 1.90. The highest BCUT2D eigenvalue weighted by Crippen LogP contribution is 2.15. The van der Waals surface area contributed by atoms with E-state index >= 15 is 0 Å². The van der Waals surface area contributed by atoms with Crippen molar-refractivity contribution in [1.29, 1.82) is 0 Å². The molecule has 19 heavy (non-hydrogen) atoms. The molecule has 1 amide bonds. The van der Waals surface area contributed by atoms with Gasteiger partial charge in [0, 0.05) is 25.4 Å². The predicted molar refractivity (Wildman–Crippen MR) is 74.9 cm³/mol. The van der Waals surface area contributed by atoms with Gasteiger partial charge in [-0.1, -0.05) is 19.1 Å². The fourth-order valence-electron chi connectivity index (χ4n) is 1.98. The van der Waals surface area contributed by atoms with E-state index in [4.69, 9.17) is 5.73 Å². The molecule has 2 aromatic rings. The molecule has 0 saturated carbocycles. The van der Waals surface area contributed by atoms with Crippen LogP contribution in [0.15, 0.2) is 30.5 Å². The standard InChI is InChI=1S/C14H18N4O/c1-3-12-13(9-18(2)17-12)16-8-10-5-4-6-11(7-10)14(15)19/h4-7,9,16H,3,8H2,1-2H3,(H2,15,19). The third kappa shape index (κ3) is 3.13. The number of aryl methyl sites for hydroxylation is 2. The van der Waals surface area contributed by atoms with Gasteiger partial charge in [0.15, 0.2) is 0 Å². The second kappa shape index (κ2) is 5.56. The van der Waals surface area contributed by atoms with E-state index in [0.29, 0.717) is 12.1 Å². The lowest BCUT2D eigenvalue weighted by Crippen LogP contribution is -2.11. The minimum Gasteiger partial charge on any atom is -0.378 e. The molecule has 5 nitrogen and oxygen atoms in total. The molecule has 1 aromatic heterocycles. The Labute approximate surface area is 112 Å². The summed E-state index contributed by atoms with van der Waals surface area (Å²) in [5, 5.41) is 7.70. The number of hydrogen-bond donors (Lipinski definition) is 2. The third-order valence-electron chi connectivity index (χ3n) is 2.93. The van der Waals surface area contributed by atoms with Crippen LogP contribution in [0.2, 0.25) is 0 Å². The highest BCUT2D eigenvalue weighted by Gasteiger charge is 2.06. The van der Waals surface area contributed by atoms with Crippen LogP contribution in [0.1, 0.15) is 28.5 Å². The van der Waals surface area contributed by atoms with Crippen LogP contribution < -0.4 is 11.1 Å². The van der Waals surface area contributed by atoms with E-state index in [-0.39, 0.29) is 0 Å². The van der Waals surface area contributed by atoms with E-state index in [1.807, 2.05) is 25.4 Å². The third-order valence-corrected chi connectivity index (χ3v) is 2.93. The van der Waals surface area contributed by atoms with Crippen molar-refractivity contribution in [3.8, 4) is 0 Å². The zero-order valence-electron chi connectivity index (χ0n) is 11.2. The van der Waals surface area contributed by atoms with Crippen LogP contribution in [-0.4, -0.2) is 15.7 Å². The summed E-state index contributed by atoms with van der Waals surface area (Å²) < 4.78 is 1.79. The first-order valence-corrected chi connectivity index (χ1v) is 6.25. The second-order valence-electron chi connectivity index (χ2n) is 4.43. The first-order chi connectivity index (χ1) is 9.10. The number of carbonyl (C=O) groups is 1. The normalized spacial score (nSPS) is 10.4. The summed E-state index contributed by atoms with van der Waals surface area (Å²) in [6.07, 6.45) is 2.83. The van der Waals surface area contributed by atoms with E-state index in [0.717, 1.165) is 23.4 Å². The Morgan fingerprint density at radius 2 is 2.26 bits per heavy atom. The zero-order valence-corrected chi connectivity index (χ0v) is 11.2. The van der Waals surface area contributed by atoms with E-state index in [2.05, 4.69) is 17.3 Å². The number of anilines is 1. The van der Waals surface area contributed by atoms with Gasteiger partial charge in [-0.05, 0) is 24.1 Å². The number of hydrogen-bond acceptors (Lipinski definition) is 3. The van der Waals surface area contributed by atoms with Crippen molar-refractivity contribution in [1.82, 2.24) is 9.78 Å². The first kappa shape index (κ1) is 13.1. The van der Waals surface area contributed by atoms with Gasteiger partial charge in [-0.25, -0.2) is 0 Å². The van der Waals surface area contributed by atoms with Crippen LogP contribution in [0, 0.1) is 0 Å². The Balaban J connectivity index is 2.09. The van der Waals surface area contributed by atoms with Crippen LogP contribution in [-0.2, 0) is 20.0 Å². The molecule has 5 heteroatoms. The lowest BCUT2D eigenvalue weighted by molar-refractivity contribution is 0.1000. The van der Waals surface area contributed by atoms with Gasteiger partial charge in [0.05, 0.1) is 11.4 Å². The number of amides is 1. The van der Waals surface area contributed by atoms with Crippen LogP contribution in [0.25, 0.3) is 0 Å². The first-order valence-electron chi connectivity index (χ1n) is 6.25. The summed E-state index contributed by atoms with van der Waals surface area (Å²) in [5.74, 6) is -0.405. The Hall–Kier alpha value is -2.30. The number of rotatable bonds is 5. The maximum atomic E-state index is 11.1. The number of nitrogens with zero attached hydrogens (tertiary/aromatic N) is 2. The van der Waals surface area contributed by atoms with Gasteiger partial charge in [-0.3, -0.25) is 9.48 Å². The molecule has 1 aromatic carbocycles. The fraction of sp³-hybridized carbons (Fsp3) is 0.286. The van der Waals surface area contributed by atoms with Gasteiger partial charge in [0.2, 0.25) is 5.91 Å². The summed E-state index contributed by atoms with van der Waals surface area (Å²) in [5.41, 5.74) is 8.87. The highest BCUT2D eigenvalue weighted by atomic mass is 16.1. The molecule has 0 bridgehead atoms. The average Bonchev–Trinajstić information content (AvgIpc) is 2.77. The van der Waals surface area contributed by atoms with Gasteiger partial charge >= 0.3 is 0 Å². The van der Waals surface area contributed by atoms with Gasteiger partial charge in [-0.15, -0.1) is 0 Å². The van der Waals surface area contributed by atoms with Crippen molar-refractivity contribution in [2.45, 2.75) is 19.9 Å². The lowest BCUT2D eigenvalue weighted by Gasteiger charge is -2.06.